The number of H-pyrrole nitrogens is 1. The highest BCUT2D eigenvalue weighted by atomic mass is 16.5. The number of methoxy groups -OCH3 is 1. The summed E-state index contributed by atoms with van der Waals surface area (Å²) in [7, 11) is 1.60. The van der Waals surface area contributed by atoms with Gasteiger partial charge in [0.15, 0.2) is 0 Å². The van der Waals surface area contributed by atoms with Gasteiger partial charge in [-0.1, -0.05) is 17.7 Å². The van der Waals surface area contributed by atoms with E-state index in [-0.39, 0.29) is 12.3 Å². The first-order chi connectivity index (χ1) is 12.6. The van der Waals surface area contributed by atoms with Crippen LogP contribution in [0, 0.1) is 18.3 Å². The van der Waals surface area contributed by atoms with Crippen LogP contribution in [0.25, 0.3) is 10.9 Å². The van der Waals surface area contributed by atoms with Crippen molar-refractivity contribution in [1.82, 2.24) is 4.98 Å². The van der Waals surface area contributed by atoms with Gasteiger partial charge in [0.1, 0.15) is 11.4 Å². The van der Waals surface area contributed by atoms with Gasteiger partial charge in [-0.3, -0.25) is 4.79 Å². The van der Waals surface area contributed by atoms with Gasteiger partial charge in [-0.05, 0) is 43.2 Å². The molecule has 4 rings (SSSR count). The lowest BCUT2D eigenvalue weighted by Gasteiger charge is -2.17. The van der Waals surface area contributed by atoms with E-state index in [1.807, 2.05) is 30.3 Å². The molecule has 2 heterocycles. The standard InChI is InChI=1S/C21H19N3O2/c1-13-3-6-19-14(11-13)8-10-24(19)21(25)20-16(7-9-22)17-12-15(26-2)4-5-18(17)23-20/h3-6,11-12,23H,7-8,10H2,1-2H3. The zero-order valence-electron chi connectivity index (χ0n) is 14.8. The summed E-state index contributed by atoms with van der Waals surface area (Å²) in [6.45, 7) is 2.71. The van der Waals surface area contributed by atoms with E-state index in [4.69, 9.17) is 4.74 Å². The molecule has 0 fully saturated rings. The molecule has 5 heteroatoms. The quantitative estimate of drug-likeness (QED) is 0.786. The van der Waals surface area contributed by atoms with Crippen LogP contribution in [0.4, 0.5) is 5.69 Å². The maximum atomic E-state index is 13.3. The van der Waals surface area contributed by atoms with Crippen molar-refractivity contribution >= 4 is 22.5 Å². The van der Waals surface area contributed by atoms with Crippen LogP contribution in [0.1, 0.15) is 27.2 Å². The second kappa shape index (κ2) is 6.23. The Bertz CT molecular complexity index is 1060. The lowest BCUT2D eigenvalue weighted by molar-refractivity contribution is 0.0984. The van der Waals surface area contributed by atoms with E-state index >= 15 is 0 Å². The lowest BCUT2D eigenvalue weighted by atomic mass is 10.1. The Labute approximate surface area is 151 Å². The van der Waals surface area contributed by atoms with E-state index in [1.54, 1.807) is 12.0 Å². The van der Waals surface area contributed by atoms with E-state index in [2.05, 4.69) is 24.0 Å². The van der Waals surface area contributed by atoms with Crippen LogP contribution in [-0.4, -0.2) is 24.5 Å². The summed E-state index contributed by atoms with van der Waals surface area (Å²) in [5.74, 6) is 0.615. The molecule has 0 saturated carbocycles. The third-order valence-electron chi connectivity index (χ3n) is 4.96. The molecule has 1 amide bonds. The average molecular weight is 345 g/mol. The predicted molar refractivity (Wildman–Crippen MR) is 101 cm³/mol. The number of anilines is 1. The number of nitrogens with zero attached hydrogens (tertiary/aromatic N) is 2. The van der Waals surface area contributed by atoms with E-state index in [9.17, 15) is 10.1 Å². The van der Waals surface area contributed by atoms with Crippen LogP contribution in [-0.2, 0) is 12.8 Å². The molecule has 0 spiro atoms. The first kappa shape index (κ1) is 16.2. The lowest BCUT2D eigenvalue weighted by Crippen LogP contribution is -2.30. The van der Waals surface area contributed by atoms with Crippen LogP contribution < -0.4 is 9.64 Å². The predicted octanol–water partition coefficient (Wildman–Crippen LogP) is 3.75. The Morgan fingerprint density at radius 2 is 2.15 bits per heavy atom. The number of hydrogen-bond acceptors (Lipinski definition) is 3. The third-order valence-corrected chi connectivity index (χ3v) is 4.96. The number of aromatic nitrogens is 1. The molecule has 0 saturated heterocycles. The topological polar surface area (TPSA) is 69.1 Å². The molecule has 2 aromatic carbocycles. The number of aryl methyl sites for hydroxylation is 1. The van der Waals surface area contributed by atoms with Crippen LogP contribution >= 0.6 is 0 Å². The highest BCUT2D eigenvalue weighted by Gasteiger charge is 2.29. The van der Waals surface area contributed by atoms with Crippen LogP contribution in [0.5, 0.6) is 5.75 Å². The molecular formula is C21H19N3O2. The van der Waals surface area contributed by atoms with Crippen molar-refractivity contribution in [1.29, 1.82) is 5.26 Å². The summed E-state index contributed by atoms with van der Waals surface area (Å²) in [5, 5.41) is 10.1. The van der Waals surface area contributed by atoms with Crippen molar-refractivity contribution in [3.63, 3.8) is 0 Å². The van der Waals surface area contributed by atoms with Crippen molar-refractivity contribution < 1.29 is 9.53 Å². The number of amides is 1. The zero-order chi connectivity index (χ0) is 18.3. The van der Waals surface area contributed by atoms with Crippen LogP contribution in [0.2, 0.25) is 0 Å². The Balaban J connectivity index is 1.81. The first-order valence-corrected chi connectivity index (χ1v) is 8.59. The van der Waals surface area contributed by atoms with Crippen molar-refractivity contribution in [3.8, 4) is 11.8 Å². The molecule has 130 valence electrons. The third kappa shape index (κ3) is 2.51. The normalized spacial score (nSPS) is 12.9. The fraction of sp³-hybridized carbons (Fsp3) is 0.238. The minimum absolute atomic E-state index is 0.0898. The van der Waals surface area contributed by atoms with Crippen molar-refractivity contribution in [2.24, 2.45) is 0 Å². The largest absolute Gasteiger partial charge is 0.497 e. The summed E-state index contributed by atoms with van der Waals surface area (Å²) in [5.41, 5.74) is 5.40. The van der Waals surface area contributed by atoms with Crippen molar-refractivity contribution in [2.75, 3.05) is 18.6 Å². The van der Waals surface area contributed by atoms with E-state index in [0.29, 0.717) is 18.0 Å². The van der Waals surface area contributed by atoms with Gasteiger partial charge in [0.05, 0.1) is 19.6 Å². The first-order valence-electron chi connectivity index (χ1n) is 8.59. The molecule has 0 atom stereocenters. The number of carbonyl (C=O) groups is 1. The Hall–Kier alpha value is -3.26. The SMILES string of the molecule is COc1ccc2[nH]c(C(=O)N3CCc4cc(C)ccc43)c(CC#N)c2c1. The minimum atomic E-state index is -0.0898. The highest BCUT2D eigenvalue weighted by molar-refractivity contribution is 6.10. The van der Waals surface area contributed by atoms with Gasteiger partial charge in [0.2, 0.25) is 0 Å². The van der Waals surface area contributed by atoms with E-state index in [0.717, 1.165) is 28.6 Å². The van der Waals surface area contributed by atoms with Crippen LogP contribution in [0.15, 0.2) is 36.4 Å². The van der Waals surface area contributed by atoms with Gasteiger partial charge >= 0.3 is 0 Å². The smallest absolute Gasteiger partial charge is 0.275 e. The Kier molecular flexibility index (Phi) is 3.89. The number of fused-ring (bicyclic) bond motifs is 2. The summed E-state index contributed by atoms with van der Waals surface area (Å²) in [6, 6.07) is 13.9. The zero-order valence-corrected chi connectivity index (χ0v) is 14.8. The molecule has 0 aliphatic carbocycles. The van der Waals surface area contributed by atoms with E-state index < -0.39 is 0 Å². The van der Waals surface area contributed by atoms with E-state index in [1.165, 1.54) is 11.1 Å². The van der Waals surface area contributed by atoms with Crippen LogP contribution in [0.3, 0.4) is 0 Å². The Morgan fingerprint density at radius 1 is 1.31 bits per heavy atom. The fourth-order valence-corrected chi connectivity index (χ4v) is 3.68. The number of nitrogens with one attached hydrogen (secondary N) is 1. The van der Waals surface area contributed by atoms with Gasteiger partial charge < -0.3 is 14.6 Å². The molecule has 5 nitrogen and oxygen atoms in total. The molecule has 0 radical (unpaired) electrons. The summed E-state index contributed by atoms with van der Waals surface area (Å²) in [4.78, 5) is 18.3. The van der Waals surface area contributed by atoms with Crippen molar-refractivity contribution in [3.05, 3.63) is 58.8 Å². The highest BCUT2D eigenvalue weighted by Crippen LogP contribution is 2.33. The van der Waals surface area contributed by atoms with Gasteiger partial charge in [-0.15, -0.1) is 0 Å². The molecule has 1 aromatic heterocycles. The number of aromatic amines is 1. The number of carbonyl (C=O) groups excluding carboxylic acids is 1. The molecule has 3 aromatic rings. The van der Waals surface area contributed by atoms with Gasteiger partial charge in [0.25, 0.3) is 5.91 Å². The second-order valence-corrected chi connectivity index (χ2v) is 6.56. The fourth-order valence-electron chi connectivity index (χ4n) is 3.68. The molecule has 0 unspecified atom stereocenters. The van der Waals surface area contributed by atoms with Gasteiger partial charge in [0, 0.05) is 28.7 Å². The maximum Gasteiger partial charge on any atom is 0.275 e. The monoisotopic (exact) mass is 345 g/mol. The number of hydrogen-bond donors (Lipinski definition) is 1. The summed E-state index contributed by atoms with van der Waals surface area (Å²) >= 11 is 0. The number of benzene rings is 2. The number of nitriles is 1. The Morgan fingerprint density at radius 3 is 2.92 bits per heavy atom. The summed E-state index contributed by atoms with van der Waals surface area (Å²) in [6.07, 6.45) is 1.02. The molecule has 1 aliphatic rings. The average Bonchev–Trinajstić information content (AvgIpc) is 3.22. The minimum Gasteiger partial charge on any atom is -0.497 e. The summed E-state index contributed by atoms with van der Waals surface area (Å²) < 4.78 is 5.29. The molecule has 1 aliphatic heterocycles. The number of rotatable bonds is 3. The van der Waals surface area contributed by atoms with Gasteiger partial charge in [-0.25, -0.2) is 0 Å². The molecule has 0 bridgehead atoms. The second-order valence-electron chi connectivity index (χ2n) is 6.56. The molecule has 26 heavy (non-hydrogen) atoms. The van der Waals surface area contributed by atoms with Gasteiger partial charge in [-0.2, -0.15) is 5.26 Å². The molecular weight excluding hydrogens is 326 g/mol. The maximum absolute atomic E-state index is 13.3. The van der Waals surface area contributed by atoms with Crippen molar-refractivity contribution in [2.45, 2.75) is 19.8 Å². The molecule has 1 N–H and O–H groups in total. The number of ether oxygens (including phenoxy) is 1.